The zero-order chi connectivity index (χ0) is 24.8. The van der Waals surface area contributed by atoms with E-state index in [1.54, 1.807) is 26.1 Å². The van der Waals surface area contributed by atoms with Crippen molar-refractivity contribution in [3.05, 3.63) is 71.2 Å². The first-order valence-electron chi connectivity index (χ1n) is 12.4. The minimum absolute atomic E-state index is 0.116. The average molecular weight is 477 g/mol. The number of piperidine rings is 1. The Labute approximate surface area is 205 Å². The van der Waals surface area contributed by atoms with Crippen LogP contribution < -0.4 is 11.1 Å². The van der Waals surface area contributed by atoms with Gasteiger partial charge in [0, 0.05) is 36.6 Å². The number of nitrogens with one attached hydrogen (secondary N) is 2. The van der Waals surface area contributed by atoms with E-state index >= 15 is 0 Å². The highest BCUT2D eigenvalue weighted by Crippen LogP contribution is 2.46. The summed E-state index contributed by atoms with van der Waals surface area (Å²) in [7, 11) is 0. The number of carbonyl (C=O) groups is 2. The minimum Gasteiger partial charge on any atom is -0.361 e. The van der Waals surface area contributed by atoms with Gasteiger partial charge in [-0.15, -0.1) is 0 Å². The van der Waals surface area contributed by atoms with Gasteiger partial charge < -0.3 is 20.9 Å². The number of fused-ring (bicyclic) bond motifs is 3. The van der Waals surface area contributed by atoms with E-state index in [1.807, 2.05) is 4.90 Å². The molecule has 1 fully saturated rings. The maximum atomic E-state index is 13.9. The predicted octanol–water partition coefficient (Wildman–Crippen LogP) is 3.58. The zero-order valence-electron chi connectivity index (χ0n) is 20.4. The topological polar surface area (TPSA) is 91.2 Å². The largest absolute Gasteiger partial charge is 0.361 e. The lowest BCUT2D eigenvalue weighted by atomic mass is 9.73. The molecule has 1 aromatic heterocycles. The molecule has 2 aliphatic rings. The molecule has 0 saturated carbocycles. The van der Waals surface area contributed by atoms with Gasteiger partial charge in [0.2, 0.25) is 11.8 Å². The monoisotopic (exact) mass is 476 g/mol. The second-order valence-corrected chi connectivity index (χ2v) is 10.7. The molecule has 7 heteroatoms. The van der Waals surface area contributed by atoms with E-state index in [-0.39, 0.29) is 29.5 Å². The van der Waals surface area contributed by atoms with Crippen LogP contribution in [0.3, 0.4) is 0 Å². The van der Waals surface area contributed by atoms with E-state index in [4.69, 9.17) is 5.73 Å². The van der Waals surface area contributed by atoms with Crippen molar-refractivity contribution in [2.75, 3.05) is 13.1 Å². The number of rotatable bonds is 5. The summed E-state index contributed by atoms with van der Waals surface area (Å²) in [6, 6.07) is 12.4. The molecule has 2 heterocycles. The van der Waals surface area contributed by atoms with Crippen molar-refractivity contribution in [3.8, 4) is 0 Å². The zero-order valence-corrected chi connectivity index (χ0v) is 20.4. The van der Waals surface area contributed by atoms with Gasteiger partial charge in [0.1, 0.15) is 11.9 Å². The Morgan fingerprint density at radius 3 is 2.66 bits per heavy atom. The molecule has 1 atom stereocenters. The van der Waals surface area contributed by atoms with E-state index < -0.39 is 11.6 Å². The fourth-order valence-electron chi connectivity index (χ4n) is 5.74. The molecule has 1 saturated heterocycles. The van der Waals surface area contributed by atoms with Crippen LogP contribution in [0.4, 0.5) is 4.39 Å². The molecule has 0 bridgehead atoms. The fourth-order valence-corrected chi connectivity index (χ4v) is 5.74. The van der Waals surface area contributed by atoms with Crippen LogP contribution in [0.25, 0.3) is 10.9 Å². The maximum absolute atomic E-state index is 13.9. The second kappa shape index (κ2) is 8.79. The number of nitrogens with zero attached hydrogens (tertiary/aromatic N) is 1. The van der Waals surface area contributed by atoms with E-state index in [0.29, 0.717) is 18.5 Å². The summed E-state index contributed by atoms with van der Waals surface area (Å²) in [4.78, 5) is 31.5. The summed E-state index contributed by atoms with van der Waals surface area (Å²) in [5.74, 6) is -0.846. The van der Waals surface area contributed by atoms with Gasteiger partial charge >= 0.3 is 0 Å². The highest BCUT2D eigenvalue weighted by molar-refractivity contribution is 5.92. The Morgan fingerprint density at radius 1 is 1.17 bits per heavy atom. The number of benzene rings is 2. The summed E-state index contributed by atoms with van der Waals surface area (Å²) in [6.07, 6.45) is 6.08. The van der Waals surface area contributed by atoms with Crippen molar-refractivity contribution in [1.29, 1.82) is 0 Å². The molecule has 2 aromatic carbocycles. The van der Waals surface area contributed by atoms with E-state index in [0.717, 1.165) is 36.8 Å². The first-order chi connectivity index (χ1) is 16.7. The minimum atomic E-state index is -1.12. The number of hydrogen-bond donors (Lipinski definition) is 3. The predicted molar refractivity (Wildman–Crippen MR) is 134 cm³/mol. The van der Waals surface area contributed by atoms with Crippen LogP contribution in [-0.4, -0.2) is 46.4 Å². The van der Waals surface area contributed by atoms with Gasteiger partial charge in [-0.2, -0.15) is 0 Å². The number of likely N-dealkylation sites (tertiary alicyclic amines) is 1. The Morgan fingerprint density at radius 2 is 1.91 bits per heavy atom. The molecule has 2 amide bonds. The van der Waals surface area contributed by atoms with Crippen molar-refractivity contribution in [3.63, 3.8) is 0 Å². The molecular weight excluding hydrogens is 443 g/mol. The molecule has 0 radical (unpaired) electrons. The normalized spacial score (nSPS) is 18.0. The molecule has 0 unspecified atom stereocenters. The van der Waals surface area contributed by atoms with Gasteiger partial charge in [0.05, 0.1) is 5.54 Å². The molecule has 35 heavy (non-hydrogen) atoms. The molecule has 1 spiro atoms. The lowest BCUT2D eigenvalue weighted by Crippen LogP contribution is -2.58. The smallest absolute Gasteiger partial charge is 0.245 e. The SMILES string of the molecule is CC(C)(N)C(=O)N[C@H](Cc1c[nH]c2ccc(F)cc12)C(=O)N1CCC2(CCc3ccccc32)CC1. The van der Waals surface area contributed by atoms with Crippen molar-refractivity contribution in [2.24, 2.45) is 5.73 Å². The summed E-state index contributed by atoms with van der Waals surface area (Å²) in [5, 5.41) is 3.60. The number of halogens is 1. The second-order valence-electron chi connectivity index (χ2n) is 10.7. The molecule has 1 aliphatic carbocycles. The number of amides is 2. The number of aromatic nitrogens is 1. The third kappa shape index (κ3) is 4.45. The van der Waals surface area contributed by atoms with Gasteiger partial charge in [-0.05, 0) is 79.8 Å². The summed E-state index contributed by atoms with van der Waals surface area (Å²) < 4.78 is 13.9. The maximum Gasteiger partial charge on any atom is 0.245 e. The molecule has 184 valence electrons. The third-order valence-corrected chi connectivity index (χ3v) is 7.84. The van der Waals surface area contributed by atoms with Gasteiger partial charge in [-0.25, -0.2) is 4.39 Å². The first kappa shape index (κ1) is 23.5. The quantitative estimate of drug-likeness (QED) is 0.526. The summed E-state index contributed by atoms with van der Waals surface area (Å²) >= 11 is 0. The number of aromatic amines is 1. The number of nitrogens with two attached hydrogens (primary N) is 1. The molecule has 3 aromatic rings. The Hall–Kier alpha value is -3.19. The van der Waals surface area contributed by atoms with Crippen LogP contribution in [0.1, 0.15) is 49.8 Å². The van der Waals surface area contributed by atoms with Crippen LogP contribution in [-0.2, 0) is 27.8 Å². The summed E-state index contributed by atoms with van der Waals surface area (Å²) in [5.41, 5.74) is 9.47. The van der Waals surface area contributed by atoms with Crippen LogP contribution >= 0.6 is 0 Å². The number of carbonyl (C=O) groups excluding carboxylic acids is 2. The molecule has 1 aliphatic heterocycles. The van der Waals surface area contributed by atoms with Crippen LogP contribution in [0, 0.1) is 5.82 Å². The third-order valence-electron chi connectivity index (χ3n) is 7.84. The Balaban J connectivity index is 1.36. The fraction of sp³-hybridized carbons (Fsp3) is 0.429. The first-order valence-corrected chi connectivity index (χ1v) is 12.4. The van der Waals surface area contributed by atoms with Crippen LogP contribution in [0.5, 0.6) is 0 Å². The number of hydrogen-bond acceptors (Lipinski definition) is 3. The van der Waals surface area contributed by atoms with Crippen molar-refractivity contribution < 1.29 is 14.0 Å². The summed E-state index contributed by atoms with van der Waals surface area (Å²) in [6.45, 7) is 4.53. The molecule has 4 N–H and O–H groups in total. The number of H-pyrrole nitrogens is 1. The molecule has 6 nitrogen and oxygen atoms in total. The van der Waals surface area contributed by atoms with Gasteiger partial charge in [0.25, 0.3) is 0 Å². The highest BCUT2D eigenvalue weighted by atomic mass is 19.1. The average Bonchev–Trinajstić information content (AvgIpc) is 3.39. The number of aryl methyl sites for hydroxylation is 1. The van der Waals surface area contributed by atoms with E-state index in [2.05, 4.69) is 34.6 Å². The van der Waals surface area contributed by atoms with E-state index in [9.17, 15) is 14.0 Å². The van der Waals surface area contributed by atoms with Crippen molar-refractivity contribution >= 4 is 22.7 Å². The van der Waals surface area contributed by atoms with Gasteiger partial charge in [-0.1, -0.05) is 24.3 Å². The van der Waals surface area contributed by atoms with E-state index in [1.165, 1.54) is 23.3 Å². The van der Waals surface area contributed by atoms with Crippen LogP contribution in [0.2, 0.25) is 0 Å². The lowest BCUT2D eigenvalue weighted by molar-refractivity contribution is -0.138. The molecular formula is C28H33FN4O2. The standard InChI is InChI=1S/C28H33FN4O2/c1-27(2,30)26(35)32-24(15-19-17-31-23-8-7-20(29)16-21(19)23)25(34)33-13-11-28(12-14-33)10-9-18-5-3-4-6-22(18)28/h3-8,16-17,24,31H,9-15,30H2,1-2H3,(H,32,35)/t24-/m1/s1. The lowest BCUT2D eigenvalue weighted by Gasteiger charge is -2.41. The van der Waals surface area contributed by atoms with Gasteiger partial charge in [-0.3, -0.25) is 9.59 Å². The van der Waals surface area contributed by atoms with Crippen molar-refractivity contribution in [2.45, 2.75) is 62.9 Å². The molecule has 5 rings (SSSR count). The Bertz CT molecular complexity index is 1270. The highest BCUT2D eigenvalue weighted by Gasteiger charge is 2.42. The Kier molecular flexibility index (Phi) is 5.91. The van der Waals surface area contributed by atoms with Gasteiger partial charge in [0.15, 0.2) is 0 Å². The van der Waals surface area contributed by atoms with Crippen LogP contribution in [0.15, 0.2) is 48.7 Å². The van der Waals surface area contributed by atoms with Crippen molar-refractivity contribution in [1.82, 2.24) is 15.2 Å².